The Morgan fingerprint density at radius 1 is 1.39 bits per heavy atom. The first-order chi connectivity index (χ1) is 8.61. The molecule has 2 nitrogen and oxygen atoms in total. The van der Waals surface area contributed by atoms with E-state index in [1.807, 2.05) is 0 Å². The normalized spacial score (nSPS) is 19.8. The van der Waals surface area contributed by atoms with Gasteiger partial charge in [-0.25, -0.2) is 0 Å². The molecule has 0 bridgehead atoms. The SMILES string of the molecule is CN(C)CC1CCCN1c1cc(Br)ccc1CBr. The molecular formula is C14H20Br2N2. The zero-order valence-electron chi connectivity index (χ0n) is 11.0. The number of anilines is 1. The average molecular weight is 376 g/mol. The molecule has 1 aliphatic heterocycles. The monoisotopic (exact) mass is 374 g/mol. The summed E-state index contributed by atoms with van der Waals surface area (Å²) in [5.41, 5.74) is 2.76. The smallest absolute Gasteiger partial charge is 0.0421 e. The quantitative estimate of drug-likeness (QED) is 0.737. The third-order valence-corrected chi connectivity index (χ3v) is 4.55. The Morgan fingerprint density at radius 2 is 2.17 bits per heavy atom. The van der Waals surface area contributed by atoms with Gasteiger partial charge in [-0.1, -0.05) is 37.9 Å². The van der Waals surface area contributed by atoms with Crippen molar-refractivity contribution in [1.29, 1.82) is 0 Å². The summed E-state index contributed by atoms with van der Waals surface area (Å²) in [6.45, 7) is 2.31. The number of halogens is 2. The van der Waals surface area contributed by atoms with Gasteiger partial charge in [0.1, 0.15) is 0 Å². The maximum absolute atomic E-state index is 3.60. The van der Waals surface area contributed by atoms with Gasteiger partial charge in [-0.3, -0.25) is 0 Å². The molecule has 1 heterocycles. The van der Waals surface area contributed by atoms with Crippen LogP contribution in [-0.2, 0) is 5.33 Å². The van der Waals surface area contributed by atoms with Gasteiger partial charge in [0.25, 0.3) is 0 Å². The van der Waals surface area contributed by atoms with Crippen LogP contribution in [-0.4, -0.2) is 38.1 Å². The standard InChI is InChI=1S/C14H20Br2N2/c1-17(2)10-13-4-3-7-18(13)14-8-12(16)6-5-11(14)9-15/h5-6,8,13H,3-4,7,9-10H2,1-2H3. The number of rotatable bonds is 4. The largest absolute Gasteiger partial charge is 0.367 e. The molecule has 100 valence electrons. The molecule has 18 heavy (non-hydrogen) atoms. The number of hydrogen-bond acceptors (Lipinski definition) is 2. The van der Waals surface area contributed by atoms with Crippen LogP contribution in [0.5, 0.6) is 0 Å². The third kappa shape index (κ3) is 3.28. The number of likely N-dealkylation sites (N-methyl/N-ethyl adjacent to an activating group) is 1. The lowest BCUT2D eigenvalue weighted by atomic mass is 10.1. The van der Waals surface area contributed by atoms with E-state index in [0.717, 1.165) is 16.3 Å². The van der Waals surface area contributed by atoms with E-state index in [4.69, 9.17) is 0 Å². The van der Waals surface area contributed by atoms with Crippen LogP contribution in [0.3, 0.4) is 0 Å². The predicted molar refractivity (Wildman–Crippen MR) is 85.7 cm³/mol. The average Bonchev–Trinajstić information content (AvgIpc) is 2.76. The van der Waals surface area contributed by atoms with Crippen molar-refractivity contribution in [2.45, 2.75) is 24.2 Å². The van der Waals surface area contributed by atoms with Crippen molar-refractivity contribution in [2.24, 2.45) is 0 Å². The Bertz CT molecular complexity index is 407. The minimum atomic E-state index is 0.645. The molecule has 0 aliphatic carbocycles. The van der Waals surface area contributed by atoms with E-state index in [-0.39, 0.29) is 0 Å². The van der Waals surface area contributed by atoms with E-state index in [9.17, 15) is 0 Å². The second-order valence-corrected chi connectivity index (χ2v) is 6.63. The Labute approximate surface area is 127 Å². The highest BCUT2D eigenvalue weighted by molar-refractivity contribution is 9.10. The van der Waals surface area contributed by atoms with Crippen molar-refractivity contribution in [3.8, 4) is 0 Å². The lowest BCUT2D eigenvalue weighted by Gasteiger charge is -2.30. The summed E-state index contributed by atoms with van der Waals surface area (Å²) in [5, 5.41) is 0.917. The molecule has 2 rings (SSSR count). The van der Waals surface area contributed by atoms with Crippen LogP contribution in [0.1, 0.15) is 18.4 Å². The molecular weight excluding hydrogens is 356 g/mol. The molecule has 0 radical (unpaired) electrons. The maximum atomic E-state index is 3.60. The van der Waals surface area contributed by atoms with Crippen LogP contribution >= 0.6 is 31.9 Å². The minimum Gasteiger partial charge on any atom is -0.367 e. The predicted octanol–water partition coefficient (Wildman–Crippen LogP) is 3.87. The van der Waals surface area contributed by atoms with E-state index < -0.39 is 0 Å². The van der Waals surface area contributed by atoms with E-state index in [0.29, 0.717) is 6.04 Å². The van der Waals surface area contributed by atoms with E-state index in [1.165, 1.54) is 30.6 Å². The van der Waals surface area contributed by atoms with E-state index in [2.05, 4.69) is 74.0 Å². The number of hydrogen-bond donors (Lipinski definition) is 0. The highest BCUT2D eigenvalue weighted by atomic mass is 79.9. The van der Waals surface area contributed by atoms with Crippen molar-refractivity contribution in [2.75, 3.05) is 32.1 Å². The highest BCUT2D eigenvalue weighted by Gasteiger charge is 2.26. The van der Waals surface area contributed by atoms with E-state index >= 15 is 0 Å². The fourth-order valence-corrected chi connectivity index (χ4v) is 3.50. The highest BCUT2D eigenvalue weighted by Crippen LogP contribution is 2.32. The number of alkyl halides is 1. The molecule has 0 amide bonds. The summed E-state index contributed by atoms with van der Waals surface area (Å²) >= 11 is 7.19. The molecule has 1 saturated heterocycles. The topological polar surface area (TPSA) is 6.48 Å². The molecule has 1 fully saturated rings. The number of benzene rings is 1. The van der Waals surface area contributed by atoms with Crippen LogP contribution in [0.25, 0.3) is 0 Å². The molecule has 1 unspecified atom stereocenters. The van der Waals surface area contributed by atoms with Crippen LogP contribution in [0.4, 0.5) is 5.69 Å². The second-order valence-electron chi connectivity index (χ2n) is 5.16. The summed E-state index contributed by atoms with van der Waals surface area (Å²) in [6, 6.07) is 7.23. The minimum absolute atomic E-state index is 0.645. The molecule has 1 aliphatic rings. The molecule has 0 aromatic heterocycles. The van der Waals surface area contributed by atoms with Gasteiger partial charge in [0.05, 0.1) is 0 Å². The molecule has 0 N–H and O–H groups in total. The van der Waals surface area contributed by atoms with Gasteiger partial charge in [0.2, 0.25) is 0 Å². The number of nitrogens with zero attached hydrogens (tertiary/aromatic N) is 2. The summed E-state index contributed by atoms with van der Waals surface area (Å²) < 4.78 is 1.16. The third-order valence-electron chi connectivity index (χ3n) is 3.45. The Morgan fingerprint density at radius 3 is 2.83 bits per heavy atom. The van der Waals surface area contributed by atoms with Gasteiger partial charge in [-0.2, -0.15) is 0 Å². The summed E-state index contributed by atoms with van der Waals surface area (Å²) in [6.07, 6.45) is 2.60. The first-order valence-electron chi connectivity index (χ1n) is 6.37. The molecule has 1 atom stereocenters. The Hall–Kier alpha value is -0.0600. The first kappa shape index (κ1) is 14.4. The summed E-state index contributed by atoms with van der Waals surface area (Å²) in [7, 11) is 4.31. The molecule has 0 saturated carbocycles. The van der Waals surface area contributed by atoms with Crippen molar-refractivity contribution < 1.29 is 0 Å². The van der Waals surface area contributed by atoms with Crippen molar-refractivity contribution >= 4 is 37.5 Å². The van der Waals surface area contributed by atoms with Gasteiger partial charge in [0.15, 0.2) is 0 Å². The van der Waals surface area contributed by atoms with Crippen LogP contribution in [0.15, 0.2) is 22.7 Å². The summed E-state index contributed by atoms with van der Waals surface area (Å²) in [5.74, 6) is 0. The molecule has 1 aromatic rings. The van der Waals surface area contributed by atoms with Crippen molar-refractivity contribution in [3.05, 3.63) is 28.2 Å². The fraction of sp³-hybridized carbons (Fsp3) is 0.571. The van der Waals surface area contributed by atoms with Gasteiger partial charge < -0.3 is 9.80 Å². The lowest BCUT2D eigenvalue weighted by Crippen LogP contribution is -2.38. The maximum Gasteiger partial charge on any atom is 0.0421 e. The lowest BCUT2D eigenvalue weighted by molar-refractivity contribution is 0.372. The van der Waals surface area contributed by atoms with E-state index in [1.54, 1.807) is 0 Å². The Balaban J connectivity index is 2.26. The molecule has 0 spiro atoms. The fourth-order valence-electron chi connectivity index (χ4n) is 2.68. The zero-order valence-corrected chi connectivity index (χ0v) is 14.2. The molecule has 4 heteroatoms. The first-order valence-corrected chi connectivity index (χ1v) is 8.29. The van der Waals surface area contributed by atoms with Crippen LogP contribution < -0.4 is 4.90 Å². The summed E-state index contributed by atoms with van der Waals surface area (Å²) in [4.78, 5) is 4.86. The van der Waals surface area contributed by atoms with Gasteiger partial charge in [0, 0.05) is 34.6 Å². The van der Waals surface area contributed by atoms with Crippen molar-refractivity contribution in [1.82, 2.24) is 4.90 Å². The van der Waals surface area contributed by atoms with Crippen molar-refractivity contribution in [3.63, 3.8) is 0 Å². The van der Waals surface area contributed by atoms with Gasteiger partial charge >= 0.3 is 0 Å². The molecule has 1 aromatic carbocycles. The van der Waals surface area contributed by atoms with Gasteiger partial charge in [-0.15, -0.1) is 0 Å². The second kappa shape index (κ2) is 6.40. The Kier molecular flexibility index (Phi) is 5.10. The zero-order chi connectivity index (χ0) is 13.1. The van der Waals surface area contributed by atoms with Crippen LogP contribution in [0, 0.1) is 0 Å². The van der Waals surface area contributed by atoms with Gasteiger partial charge in [-0.05, 0) is 44.6 Å². The van der Waals surface area contributed by atoms with Crippen LogP contribution in [0.2, 0.25) is 0 Å².